The van der Waals surface area contributed by atoms with E-state index in [2.05, 4.69) is 35.2 Å². The van der Waals surface area contributed by atoms with Crippen molar-refractivity contribution in [2.24, 2.45) is 4.99 Å². The fourth-order valence-electron chi connectivity index (χ4n) is 1.63. The summed E-state index contributed by atoms with van der Waals surface area (Å²) in [5.41, 5.74) is 1.13. The number of rotatable bonds is 8. The second kappa shape index (κ2) is 12.5. The van der Waals surface area contributed by atoms with E-state index in [1.165, 1.54) is 0 Å². The van der Waals surface area contributed by atoms with Crippen LogP contribution in [0.2, 0.25) is 0 Å². The van der Waals surface area contributed by atoms with E-state index in [0.29, 0.717) is 13.1 Å². The molecule has 0 saturated heterocycles. The van der Waals surface area contributed by atoms with E-state index >= 15 is 0 Å². The minimum absolute atomic E-state index is 0. The van der Waals surface area contributed by atoms with Crippen LogP contribution in [0.1, 0.15) is 25.8 Å². The maximum atomic E-state index is 5.62. The number of nitrogens with zero attached hydrogens (tertiary/aromatic N) is 1. The molecular formula is C16H26IN3O. The highest BCUT2D eigenvalue weighted by Crippen LogP contribution is 2.14. The van der Waals surface area contributed by atoms with Crippen molar-refractivity contribution in [3.63, 3.8) is 0 Å². The smallest absolute Gasteiger partial charge is 0.191 e. The van der Waals surface area contributed by atoms with Gasteiger partial charge in [-0.25, -0.2) is 4.99 Å². The Morgan fingerprint density at radius 2 is 2.14 bits per heavy atom. The van der Waals surface area contributed by atoms with E-state index in [0.717, 1.165) is 36.8 Å². The molecule has 21 heavy (non-hydrogen) atoms. The molecule has 118 valence electrons. The Balaban J connectivity index is 0.00000400. The Bertz CT molecular complexity index is 435. The number of aliphatic imine (C=N–C) groups is 1. The maximum Gasteiger partial charge on any atom is 0.191 e. The minimum atomic E-state index is 0. The minimum Gasteiger partial charge on any atom is -0.494 e. The van der Waals surface area contributed by atoms with Crippen molar-refractivity contribution in [2.45, 2.75) is 26.8 Å². The molecule has 1 aromatic carbocycles. The van der Waals surface area contributed by atoms with Crippen molar-refractivity contribution in [3.05, 3.63) is 42.5 Å². The van der Waals surface area contributed by atoms with Gasteiger partial charge < -0.3 is 15.4 Å². The van der Waals surface area contributed by atoms with Gasteiger partial charge >= 0.3 is 0 Å². The summed E-state index contributed by atoms with van der Waals surface area (Å²) in [5, 5.41) is 6.38. The fourth-order valence-corrected chi connectivity index (χ4v) is 1.63. The quantitative estimate of drug-likeness (QED) is 0.303. The zero-order chi connectivity index (χ0) is 14.6. The van der Waals surface area contributed by atoms with Gasteiger partial charge in [0, 0.05) is 13.1 Å². The molecule has 1 aromatic rings. The van der Waals surface area contributed by atoms with E-state index < -0.39 is 0 Å². The van der Waals surface area contributed by atoms with E-state index in [9.17, 15) is 0 Å². The highest BCUT2D eigenvalue weighted by atomic mass is 127. The van der Waals surface area contributed by atoms with Crippen molar-refractivity contribution in [1.29, 1.82) is 0 Å². The first-order valence-corrected chi connectivity index (χ1v) is 7.15. The molecular weight excluding hydrogens is 377 g/mol. The molecule has 4 nitrogen and oxygen atoms in total. The average molecular weight is 403 g/mol. The van der Waals surface area contributed by atoms with Crippen LogP contribution in [0, 0.1) is 0 Å². The summed E-state index contributed by atoms with van der Waals surface area (Å²) < 4.78 is 5.62. The largest absolute Gasteiger partial charge is 0.494 e. The van der Waals surface area contributed by atoms with Gasteiger partial charge in [0.05, 0.1) is 13.2 Å². The van der Waals surface area contributed by atoms with Gasteiger partial charge in [-0.15, -0.1) is 30.6 Å². The lowest BCUT2D eigenvalue weighted by Crippen LogP contribution is -2.37. The number of benzene rings is 1. The lowest BCUT2D eigenvalue weighted by Gasteiger charge is -2.10. The number of nitrogens with one attached hydrogen (secondary N) is 2. The molecule has 0 bridgehead atoms. The summed E-state index contributed by atoms with van der Waals surface area (Å²) in [6.45, 7) is 10.7. The molecule has 0 aliphatic heterocycles. The van der Waals surface area contributed by atoms with Gasteiger partial charge in [-0.1, -0.05) is 25.1 Å². The first-order valence-electron chi connectivity index (χ1n) is 7.15. The summed E-state index contributed by atoms with van der Waals surface area (Å²) in [4.78, 5) is 4.53. The Morgan fingerprint density at radius 3 is 2.81 bits per heavy atom. The molecule has 0 fully saturated rings. The van der Waals surface area contributed by atoms with E-state index in [4.69, 9.17) is 4.74 Å². The third-order valence-corrected chi connectivity index (χ3v) is 2.55. The monoisotopic (exact) mass is 403 g/mol. The third-order valence-electron chi connectivity index (χ3n) is 2.55. The Kier molecular flexibility index (Phi) is 11.8. The summed E-state index contributed by atoms with van der Waals surface area (Å²) in [5.74, 6) is 1.70. The molecule has 2 N–H and O–H groups in total. The van der Waals surface area contributed by atoms with Crippen LogP contribution in [-0.2, 0) is 6.54 Å². The topological polar surface area (TPSA) is 45.7 Å². The first kappa shape index (κ1) is 19.8. The number of ether oxygens (including phenoxy) is 1. The van der Waals surface area contributed by atoms with Crippen molar-refractivity contribution in [1.82, 2.24) is 10.6 Å². The zero-order valence-electron chi connectivity index (χ0n) is 12.9. The van der Waals surface area contributed by atoms with Crippen molar-refractivity contribution >= 4 is 29.9 Å². The van der Waals surface area contributed by atoms with Crippen LogP contribution in [0.15, 0.2) is 41.9 Å². The van der Waals surface area contributed by atoms with Crippen LogP contribution in [0.5, 0.6) is 5.75 Å². The SMILES string of the molecule is C=CCNC(=NCc1cccc(OCCC)c1)NCC.I. The lowest BCUT2D eigenvalue weighted by molar-refractivity contribution is 0.317. The van der Waals surface area contributed by atoms with E-state index in [-0.39, 0.29) is 24.0 Å². The van der Waals surface area contributed by atoms with Crippen molar-refractivity contribution in [3.8, 4) is 5.75 Å². The van der Waals surface area contributed by atoms with Gasteiger partial charge in [-0.05, 0) is 31.0 Å². The van der Waals surface area contributed by atoms with Crippen LogP contribution in [0.3, 0.4) is 0 Å². The van der Waals surface area contributed by atoms with E-state index in [1.807, 2.05) is 31.2 Å². The van der Waals surface area contributed by atoms with Crippen LogP contribution in [-0.4, -0.2) is 25.7 Å². The van der Waals surface area contributed by atoms with Gasteiger partial charge in [0.1, 0.15) is 5.75 Å². The highest BCUT2D eigenvalue weighted by Gasteiger charge is 1.98. The summed E-state index contributed by atoms with van der Waals surface area (Å²) in [6.07, 6.45) is 2.82. The molecule has 0 spiro atoms. The fraction of sp³-hybridized carbons (Fsp3) is 0.438. The summed E-state index contributed by atoms with van der Waals surface area (Å²) >= 11 is 0. The van der Waals surface area contributed by atoms with Crippen molar-refractivity contribution in [2.75, 3.05) is 19.7 Å². The molecule has 0 heterocycles. The van der Waals surface area contributed by atoms with E-state index in [1.54, 1.807) is 0 Å². The zero-order valence-corrected chi connectivity index (χ0v) is 15.2. The third kappa shape index (κ3) is 8.60. The summed E-state index contributed by atoms with van der Waals surface area (Å²) in [7, 11) is 0. The van der Waals surface area contributed by atoms with Crippen LogP contribution < -0.4 is 15.4 Å². The van der Waals surface area contributed by atoms with Crippen LogP contribution in [0.4, 0.5) is 0 Å². The molecule has 0 saturated carbocycles. The van der Waals surface area contributed by atoms with Crippen LogP contribution in [0.25, 0.3) is 0 Å². The summed E-state index contributed by atoms with van der Waals surface area (Å²) in [6, 6.07) is 8.07. The number of hydrogen-bond acceptors (Lipinski definition) is 2. The molecule has 0 aliphatic carbocycles. The Morgan fingerprint density at radius 1 is 1.33 bits per heavy atom. The molecule has 0 radical (unpaired) electrons. The second-order valence-corrected chi connectivity index (χ2v) is 4.36. The highest BCUT2D eigenvalue weighted by molar-refractivity contribution is 14.0. The standard InChI is InChI=1S/C16H25N3O.HI/c1-4-10-18-16(17-6-3)19-13-14-8-7-9-15(12-14)20-11-5-2;/h4,7-9,12H,1,5-6,10-11,13H2,2-3H3,(H2,17,18,19);1H. The molecule has 0 atom stereocenters. The number of guanidine groups is 1. The Labute approximate surface area is 145 Å². The Hall–Kier alpha value is -1.24. The van der Waals surface area contributed by atoms with Gasteiger partial charge in [-0.2, -0.15) is 0 Å². The number of hydrogen-bond donors (Lipinski definition) is 2. The predicted molar refractivity (Wildman–Crippen MR) is 101 cm³/mol. The normalized spacial score (nSPS) is 10.5. The van der Waals surface area contributed by atoms with Crippen molar-refractivity contribution < 1.29 is 4.74 Å². The molecule has 0 amide bonds. The molecule has 5 heteroatoms. The first-order chi connectivity index (χ1) is 9.80. The lowest BCUT2D eigenvalue weighted by atomic mass is 10.2. The van der Waals surface area contributed by atoms with Gasteiger partial charge in [0.2, 0.25) is 0 Å². The van der Waals surface area contributed by atoms with Gasteiger partial charge in [0.25, 0.3) is 0 Å². The second-order valence-electron chi connectivity index (χ2n) is 4.36. The maximum absolute atomic E-state index is 5.62. The predicted octanol–water partition coefficient (Wildman–Crippen LogP) is 3.33. The van der Waals surface area contributed by atoms with Crippen LogP contribution >= 0.6 is 24.0 Å². The molecule has 0 aromatic heterocycles. The van der Waals surface area contributed by atoms with Gasteiger partial charge in [-0.3, -0.25) is 0 Å². The molecule has 0 unspecified atom stereocenters. The molecule has 1 rings (SSSR count). The van der Waals surface area contributed by atoms with Gasteiger partial charge in [0.15, 0.2) is 5.96 Å². The number of halogens is 1. The molecule has 0 aliphatic rings. The average Bonchev–Trinajstić information content (AvgIpc) is 2.48.